The summed E-state index contributed by atoms with van der Waals surface area (Å²) in [7, 11) is 2.87. The summed E-state index contributed by atoms with van der Waals surface area (Å²) in [5, 5.41) is 5.06. The largest absolute Gasteiger partial charge is 0.452 e. The molecule has 0 unspecified atom stereocenters. The van der Waals surface area contributed by atoms with Crippen molar-refractivity contribution in [1.29, 1.82) is 0 Å². The van der Waals surface area contributed by atoms with Gasteiger partial charge in [0.05, 0.1) is 23.4 Å². The maximum atomic E-state index is 12.5. The van der Waals surface area contributed by atoms with E-state index in [0.717, 1.165) is 10.9 Å². The Morgan fingerprint density at radius 1 is 1.20 bits per heavy atom. The number of benzene rings is 1. The van der Waals surface area contributed by atoms with Gasteiger partial charge in [-0.2, -0.15) is 0 Å². The van der Waals surface area contributed by atoms with Gasteiger partial charge in [0.25, 0.3) is 5.91 Å². The Labute approximate surface area is 144 Å². The van der Waals surface area contributed by atoms with Gasteiger partial charge in [-0.05, 0) is 18.6 Å². The number of para-hydroxylation sites is 1. The van der Waals surface area contributed by atoms with E-state index in [0.29, 0.717) is 11.3 Å². The lowest BCUT2D eigenvalue weighted by molar-refractivity contribution is -0.123. The Morgan fingerprint density at radius 3 is 2.60 bits per heavy atom. The van der Waals surface area contributed by atoms with Crippen LogP contribution in [-0.4, -0.2) is 43.7 Å². The van der Waals surface area contributed by atoms with Gasteiger partial charge in [0.2, 0.25) is 0 Å². The van der Waals surface area contributed by atoms with Crippen LogP contribution in [0, 0.1) is 6.92 Å². The molecule has 1 heterocycles. The lowest BCUT2D eigenvalue weighted by Gasteiger charge is -2.13. The third kappa shape index (κ3) is 4.30. The predicted octanol–water partition coefficient (Wildman–Crippen LogP) is 1.30. The fourth-order valence-corrected chi connectivity index (χ4v) is 2.38. The molecule has 2 rings (SSSR count). The number of nitrogens with zero attached hydrogens (tertiary/aromatic N) is 1. The van der Waals surface area contributed by atoms with Crippen molar-refractivity contribution in [3.8, 4) is 0 Å². The molecular weight excluding hydrogens is 326 g/mol. The Bertz CT molecular complexity index is 819. The van der Waals surface area contributed by atoms with Gasteiger partial charge >= 0.3 is 12.0 Å². The van der Waals surface area contributed by atoms with Crippen LogP contribution in [0.5, 0.6) is 0 Å². The number of hydrogen-bond acceptors (Lipinski definition) is 6. The molecule has 2 N–H and O–H groups in total. The van der Waals surface area contributed by atoms with E-state index in [-0.39, 0.29) is 12.2 Å². The van der Waals surface area contributed by atoms with E-state index in [1.165, 1.54) is 14.2 Å². The van der Waals surface area contributed by atoms with Crippen molar-refractivity contribution in [1.82, 2.24) is 15.6 Å². The molecule has 132 valence electrons. The highest BCUT2D eigenvalue weighted by Gasteiger charge is 2.21. The lowest BCUT2D eigenvalue weighted by atomic mass is 10.0. The number of carbonyl (C=O) groups excluding carboxylic acids is 3. The Morgan fingerprint density at radius 2 is 1.92 bits per heavy atom. The average Bonchev–Trinajstić information content (AvgIpc) is 2.60. The number of ether oxygens (including phenoxy) is 2. The van der Waals surface area contributed by atoms with Crippen LogP contribution >= 0.6 is 0 Å². The van der Waals surface area contributed by atoms with Gasteiger partial charge in [-0.15, -0.1) is 0 Å². The summed E-state index contributed by atoms with van der Waals surface area (Å²) in [5.74, 6) is -1.43. The number of methoxy groups -OCH3 is 1. The monoisotopic (exact) mass is 345 g/mol. The molecule has 1 aromatic carbocycles. The smallest absolute Gasteiger partial charge is 0.340 e. The highest BCUT2D eigenvalue weighted by Crippen LogP contribution is 2.24. The van der Waals surface area contributed by atoms with E-state index in [9.17, 15) is 14.4 Å². The van der Waals surface area contributed by atoms with E-state index >= 15 is 0 Å². The average molecular weight is 345 g/mol. The number of fused-ring (bicyclic) bond motifs is 1. The van der Waals surface area contributed by atoms with Gasteiger partial charge in [-0.25, -0.2) is 14.6 Å². The number of pyridine rings is 1. The molecule has 2 aromatic rings. The molecule has 0 atom stereocenters. The maximum Gasteiger partial charge on any atom is 0.340 e. The van der Waals surface area contributed by atoms with Crippen LogP contribution in [-0.2, 0) is 20.9 Å². The predicted molar refractivity (Wildman–Crippen MR) is 90.1 cm³/mol. The van der Waals surface area contributed by atoms with Crippen molar-refractivity contribution in [3.63, 3.8) is 0 Å². The van der Waals surface area contributed by atoms with Gasteiger partial charge in [0.15, 0.2) is 6.61 Å². The zero-order valence-electron chi connectivity index (χ0n) is 14.2. The van der Waals surface area contributed by atoms with Gasteiger partial charge in [-0.3, -0.25) is 10.1 Å². The molecule has 8 heteroatoms. The second-order valence-corrected chi connectivity index (χ2v) is 5.21. The molecule has 0 fully saturated rings. The Balaban J connectivity index is 2.27. The van der Waals surface area contributed by atoms with Gasteiger partial charge in [-0.1, -0.05) is 18.2 Å². The van der Waals surface area contributed by atoms with Crippen molar-refractivity contribution < 1.29 is 23.9 Å². The second kappa shape index (κ2) is 8.20. The number of aryl methyl sites for hydroxylation is 1. The first-order valence-electron chi connectivity index (χ1n) is 7.53. The quantitative estimate of drug-likeness (QED) is 0.791. The van der Waals surface area contributed by atoms with Crippen molar-refractivity contribution >= 4 is 28.8 Å². The number of urea groups is 1. The minimum atomic E-state index is -0.729. The molecule has 0 aliphatic carbocycles. The minimum absolute atomic E-state index is 0.126. The number of nitrogens with one attached hydrogen (secondary N) is 2. The van der Waals surface area contributed by atoms with Gasteiger partial charge in [0.1, 0.15) is 0 Å². The fraction of sp³-hybridized carbons (Fsp3) is 0.294. The second-order valence-electron chi connectivity index (χ2n) is 5.21. The van der Waals surface area contributed by atoms with E-state index in [2.05, 4.69) is 10.3 Å². The van der Waals surface area contributed by atoms with E-state index in [4.69, 9.17) is 9.47 Å². The Hall–Kier alpha value is -3.00. The molecule has 0 saturated heterocycles. The lowest BCUT2D eigenvalue weighted by Crippen LogP contribution is -2.39. The molecule has 1 aromatic heterocycles. The maximum absolute atomic E-state index is 12.5. The summed E-state index contributed by atoms with van der Waals surface area (Å²) in [6, 6.07) is 6.71. The summed E-state index contributed by atoms with van der Waals surface area (Å²) >= 11 is 0. The fourth-order valence-electron chi connectivity index (χ4n) is 2.38. The first-order chi connectivity index (χ1) is 12.0. The SMILES string of the molecule is CNC(=O)NC(=O)COC(=O)c1c(COC)nc2ccccc2c1C. The topological polar surface area (TPSA) is 107 Å². The molecular formula is C17H19N3O5. The van der Waals surface area contributed by atoms with Crippen LogP contribution in [0.2, 0.25) is 0 Å². The minimum Gasteiger partial charge on any atom is -0.452 e. The van der Waals surface area contributed by atoms with Crippen molar-refractivity contribution in [2.75, 3.05) is 20.8 Å². The first kappa shape index (κ1) is 18.3. The van der Waals surface area contributed by atoms with Crippen LogP contribution in [0.1, 0.15) is 21.6 Å². The highest BCUT2D eigenvalue weighted by atomic mass is 16.5. The number of amides is 3. The normalized spacial score (nSPS) is 10.4. The summed E-state index contributed by atoms with van der Waals surface area (Å²) in [4.78, 5) is 39.5. The van der Waals surface area contributed by atoms with Crippen LogP contribution in [0.4, 0.5) is 4.79 Å². The number of rotatable bonds is 5. The Kier molecular flexibility index (Phi) is 6.02. The van der Waals surface area contributed by atoms with Crippen molar-refractivity contribution in [3.05, 3.63) is 41.1 Å². The molecule has 0 bridgehead atoms. The van der Waals surface area contributed by atoms with E-state index < -0.39 is 24.5 Å². The van der Waals surface area contributed by atoms with Crippen molar-refractivity contribution in [2.45, 2.75) is 13.5 Å². The molecule has 25 heavy (non-hydrogen) atoms. The van der Waals surface area contributed by atoms with Crippen LogP contribution in [0.3, 0.4) is 0 Å². The summed E-state index contributed by atoms with van der Waals surface area (Å²) in [6.07, 6.45) is 0. The molecule has 0 radical (unpaired) electrons. The van der Waals surface area contributed by atoms with E-state index in [1.54, 1.807) is 6.92 Å². The van der Waals surface area contributed by atoms with Crippen LogP contribution in [0.25, 0.3) is 10.9 Å². The summed E-state index contributed by atoms with van der Waals surface area (Å²) in [5.41, 5.74) is 2.11. The highest BCUT2D eigenvalue weighted by molar-refractivity contribution is 6.00. The molecule has 0 aliphatic heterocycles. The van der Waals surface area contributed by atoms with E-state index in [1.807, 2.05) is 29.6 Å². The summed E-state index contributed by atoms with van der Waals surface area (Å²) < 4.78 is 10.1. The first-order valence-corrected chi connectivity index (χ1v) is 7.53. The molecule has 0 aliphatic rings. The van der Waals surface area contributed by atoms with Crippen LogP contribution < -0.4 is 10.6 Å². The molecule has 8 nitrogen and oxygen atoms in total. The number of esters is 1. The number of aromatic nitrogens is 1. The number of hydrogen-bond donors (Lipinski definition) is 2. The summed E-state index contributed by atoms with van der Waals surface area (Å²) in [6.45, 7) is 1.33. The van der Waals surface area contributed by atoms with Gasteiger partial charge < -0.3 is 14.8 Å². The van der Waals surface area contributed by atoms with Crippen molar-refractivity contribution in [2.24, 2.45) is 0 Å². The number of imide groups is 1. The third-order valence-electron chi connectivity index (χ3n) is 3.53. The molecule has 0 saturated carbocycles. The van der Waals surface area contributed by atoms with Crippen LogP contribution in [0.15, 0.2) is 24.3 Å². The number of carbonyl (C=O) groups is 3. The van der Waals surface area contributed by atoms with Gasteiger partial charge in [0, 0.05) is 19.5 Å². The zero-order valence-corrected chi connectivity index (χ0v) is 14.2. The standard InChI is InChI=1S/C17H19N3O5/c1-10-11-6-4-5-7-12(11)19-13(8-24-3)15(10)16(22)25-9-14(21)20-17(23)18-2/h4-7H,8-9H2,1-3H3,(H2,18,20,21,23). The zero-order chi connectivity index (χ0) is 18.4. The molecule has 3 amide bonds. The third-order valence-corrected chi connectivity index (χ3v) is 3.53. The molecule has 0 spiro atoms.